The molecule has 1 saturated heterocycles. The van der Waals surface area contributed by atoms with Crippen molar-refractivity contribution in [3.63, 3.8) is 0 Å². The van der Waals surface area contributed by atoms with Gasteiger partial charge in [-0.3, -0.25) is 9.88 Å². The summed E-state index contributed by atoms with van der Waals surface area (Å²) in [6.07, 6.45) is 4.43. The summed E-state index contributed by atoms with van der Waals surface area (Å²) in [7, 11) is 2.06. The molecule has 2 heterocycles. The fourth-order valence-electron chi connectivity index (χ4n) is 2.62. The number of hydrogen-bond donors (Lipinski definition) is 1. The van der Waals surface area contributed by atoms with Crippen LogP contribution in [-0.2, 0) is 0 Å². The number of hydrogen-bond acceptors (Lipinski definition) is 3. The molecule has 1 atom stereocenters. The first kappa shape index (κ1) is 9.31. The van der Waals surface area contributed by atoms with E-state index in [4.69, 9.17) is 0 Å². The van der Waals surface area contributed by atoms with Crippen LogP contribution in [0.4, 0.5) is 0 Å². The molecule has 0 bridgehead atoms. The van der Waals surface area contributed by atoms with Gasteiger partial charge in [-0.15, -0.1) is 0 Å². The molecule has 1 aromatic rings. The maximum atomic E-state index is 4.41. The second-order valence-corrected chi connectivity index (χ2v) is 4.48. The second-order valence-electron chi connectivity index (χ2n) is 4.48. The van der Waals surface area contributed by atoms with Crippen LogP contribution >= 0.6 is 0 Å². The van der Waals surface area contributed by atoms with Crippen LogP contribution < -0.4 is 5.32 Å². The monoisotopic (exact) mass is 203 g/mol. The lowest BCUT2D eigenvalue weighted by Gasteiger charge is -2.31. The normalized spacial score (nSPS) is 26.3. The Morgan fingerprint density at radius 1 is 1.40 bits per heavy atom. The van der Waals surface area contributed by atoms with Gasteiger partial charge in [-0.1, -0.05) is 6.07 Å². The summed E-state index contributed by atoms with van der Waals surface area (Å²) >= 11 is 0. The van der Waals surface area contributed by atoms with Crippen LogP contribution in [0.3, 0.4) is 0 Å². The quantitative estimate of drug-likeness (QED) is 0.782. The minimum atomic E-state index is 0.554. The van der Waals surface area contributed by atoms with Crippen LogP contribution in [-0.4, -0.2) is 36.1 Å². The molecule has 3 rings (SSSR count). The maximum Gasteiger partial charge on any atom is 0.0798 e. The van der Waals surface area contributed by atoms with Crippen LogP contribution in [0, 0.1) is 0 Å². The summed E-state index contributed by atoms with van der Waals surface area (Å²) in [5.41, 5.74) is 2.75. The molecule has 15 heavy (non-hydrogen) atoms. The van der Waals surface area contributed by atoms with Crippen LogP contribution in [0.1, 0.15) is 30.1 Å². The van der Waals surface area contributed by atoms with E-state index in [2.05, 4.69) is 28.3 Å². The molecule has 1 aliphatic carbocycles. The van der Waals surface area contributed by atoms with Gasteiger partial charge in [0.1, 0.15) is 0 Å². The molecule has 0 saturated carbocycles. The molecule has 3 heteroatoms. The van der Waals surface area contributed by atoms with Crippen molar-refractivity contribution in [2.75, 3.05) is 20.1 Å². The number of nitrogens with one attached hydrogen (secondary N) is 1. The Kier molecular flexibility index (Phi) is 2.22. The van der Waals surface area contributed by atoms with Crippen molar-refractivity contribution >= 4 is 0 Å². The average Bonchev–Trinajstić information content (AvgIpc) is 3.03. The van der Waals surface area contributed by atoms with Gasteiger partial charge < -0.3 is 5.32 Å². The third-order valence-corrected chi connectivity index (χ3v) is 3.64. The summed E-state index contributed by atoms with van der Waals surface area (Å²) < 4.78 is 0. The minimum Gasteiger partial charge on any atom is -0.317 e. The van der Waals surface area contributed by atoms with E-state index in [0.717, 1.165) is 6.04 Å². The van der Waals surface area contributed by atoms with Gasteiger partial charge in [0.25, 0.3) is 0 Å². The Bertz CT molecular complexity index is 333. The molecule has 3 nitrogen and oxygen atoms in total. The zero-order valence-electron chi connectivity index (χ0n) is 9.11. The molecule has 0 aromatic carbocycles. The van der Waals surface area contributed by atoms with Crippen LogP contribution in [0.15, 0.2) is 18.3 Å². The van der Waals surface area contributed by atoms with Gasteiger partial charge >= 0.3 is 0 Å². The van der Waals surface area contributed by atoms with Gasteiger partial charge in [0.05, 0.1) is 11.7 Å². The average molecular weight is 203 g/mol. The lowest BCUT2D eigenvalue weighted by Crippen LogP contribution is -2.40. The fourth-order valence-corrected chi connectivity index (χ4v) is 2.62. The molecule has 0 radical (unpaired) electrons. The largest absolute Gasteiger partial charge is 0.317 e. The van der Waals surface area contributed by atoms with Gasteiger partial charge in [-0.05, 0) is 31.5 Å². The smallest absolute Gasteiger partial charge is 0.0798 e. The molecular formula is C12H17N3. The highest BCUT2D eigenvalue weighted by Gasteiger charge is 2.40. The van der Waals surface area contributed by atoms with Crippen LogP contribution in [0.2, 0.25) is 0 Å². The summed E-state index contributed by atoms with van der Waals surface area (Å²) in [6.45, 7) is 2.40. The van der Waals surface area contributed by atoms with Crippen molar-refractivity contribution in [3.05, 3.63) is 29.6 Å². The van der Waals surface area contributed by atoms with Crippen molar-refractivity contribution in [2.45, 2.75) is 24.9 Å². The van der Waals surface area contributed by atoms with E-state index in [0.29, 0.717) is 6.04 Å². The second kappa shape index (κ2) is 3.58. The van der Waals surface area contributed by atoms with Gasteiger partial charge in [0.2, 0.25) is 0 Å². The number of piperidine rings is 1. The van der Waals surface area contributed by atoms with Gasteiger partial charge in [-0.2, -0.15) is 0 Å². The standard InChI is InChI=1S/C12H17N3/c1-13-9-4-7-15(8-5-9)12-10-3-2-6-14-11(10)12/h2-3,6,9,12-13H,4-5,7-8H2,1H3. The molecule has 1 unspecified atom stereocenters. The number of aromatic nitrogens is 1. The molecule has 0 amide bonds. The van der Waals surface area contributed by atoms with E-state index in [-0.39, 0.29) is 0 Å². The molecule has 80 valence electrons. The van der Waals surface area contributed by atoms with E-state index in [1.54, 1.807) is 0 Å². The van der Waals surface area contributed by atoms with Crippen molar-refractivity contribution in [2.24, 2.45) is 0 Å². The lowest BCUT2D eigenvalue weighted by molar-refractivity contribution is 0.186. The fraction of sp³-hybridized carbons (Fsp3) is 0.583. The number of nitrogens with zero attached hydrogens (tertiary/aromatic N) is 2. The summed E-state index contributed by atoms with van der Waals surface area (Å²) in [5.74, 6) is 0. The summed E-state index contributed by atoms with van der Waals surface area (Å²) in [6, 6.07) is 5.52. The van der Waals surface area contributed by atoms with Crippen molar-refractivity contribution < 1.29 is 0 Å². The Morgan fingerprint density at radius 3 is 2.80 bits per heavy atom. The predicted octanol–water partition coefficient (Wildman–Crippen LogP) is 1.17. The first-order valence-electron chi connectivity index (χ1n) is 5.76. The molecule has 1 aromatic heterocycles. The first-order valence-corrected chi connectivity index (χ1v) is 5.76. The summed E-state index contributed by atoms with van der Waals surface area (Å²) in [4.78, 5) is 6.97. The summed E-state index contributed by atoms with van der Waals surface area (Å²) in [5, 5.41) is 3.36. The third-order valence-electron chi connectivity index (χ3n) is 3.64. The van der Waals surface area contributed by atoms with E-state index >= 15 is 0 Å². The van der Waals surface area contributed by atoms with E-state index in [1.165, 1.54) is 37.2 Å². The molecule has 0 spiro atoms. The zero-order valence-corrected chi connectivity index (χ0v) is 9.11. The van der Waals surface area contributed by atoms with Crippen molar-refractivity contribution in [1.82, 2.24) is 15.2 Å². The zero-order chi connectivity index (χ0) is 10.3. The topological polar surface area (TPSA) is 28.2 Å². The van der Waals surface area contributed by atoms with Gasteiger partial charge in [0.15, 0.2) is 0 Å². The minimum absolute atomic E-state index is 0.554. The van der Waals surface area contributed by atoms with Gasteiger partial charge in [0, 0.05) is 25.3 Å². The Hall–Kier alpha value is -0.930. The van der Waals surface area contributed by atoms with Crippen molar-refractivity contribution in [1.29, 1.82) is 0 Å². The van der Waals surface area contributed by atoms with E-state index in [9.17, 15) is 0 Å². The Morgan fingerprint density at radius 2 is 2.20 bits per heavy atom. The third kappa shape index (κ3) is 1.56. The predicted molar refractivity (Wildman–Crippen MR) is 59.7 cm³/mol. The number of fused-ring (bicyclic) bond motifs is 1. The Balaban J connectivity index is 1.64. The SMILES string of the molecule is CNC1CCN(C2c3cccnc32)CC1. The van der Waals surface area contributed by atoms with Gasteiger partial charge in [-0.25, -0.2) is 0 Å². The highest BCUT2D eigenvalue weighted by molar-refractivity contribution is 5.46. The first-order chi connectivity index (χ1) is 7.40. The van der Waals surface area contributed by atoms with Crippen molar-refractivity contribution in [3.8, 4) is 0 Å². The molecule has 1 aliphatic heterocycles. The number of pyridine rings is 1. The van der Waals surface area contributed by atoms with Crippen LogP contribution in [0.25, 0.3) is 0 Å². The molecule has 1 N–H and O–H groups in total. The van der Waals surface area contributed by atoms with E-state index < -0.39 is 0 Å². The lowest BCUT2D eigenvalue weighted by atomic mass is 10.1. The molecule has 1 fully saturated rings. The molecular weight excluding hydrogens is 186 g/mol. The Labute approximate surface area is 90.5 Å². The molecule has 2 aliphatic rings. The maximum absolute atomic E-state index is 4.41. The van der Waals surface area contributed by atoms with Crippen LogP contribution in [0.5, 0.6) is 0 Å². The van der Waals surface area contributed by atoms with E-state index in [1.807, 2.05) is 12.3 Å². The highest BCUT2D eigenvalue weighted by Crippen LogP contribution is 2.44. The highest BCUT2D eigenvalue weighted by atomic mass is 15.2. The number of rotatable bonds is 2. The number of likely N-dealkylation sites (tertiary alicyclic amines) is 1.